The van der Waals surface area contributed by atoms with Crippen LogP contribution in [0, 0.1) is 0 Å². The van der Waals surface area contributed by atoms with E-state index in [1.165, 1.54) is 0 Å². The Hall–Kier alpha value is -3.78. The summed E-state index contributed by atoms with van der Waals surface area (Å²) in [6.07, 6.45) is 3.30. The number of nitrogens with zero attached hydrogens (tertiary/aromatic N) is 3. The maximum atomic E-state index is 13.4. The number of hydrogen-bond acceptors (Lipinski definition) is 4. The van der Waals surface area contributed by atoms with Crippen molar-refractivity contribution in [1.82, 2.24) is 15.1 Å². The molecule has 5 rings (SSSR count). The Kier molecular flexibility index (Phi) is 5.28. The molecule has 0 saturated heterocycles. The maximum absolute atomic E-state index is 13.4. The van der Waals surface area contributed by atoms with E-state index in [1.54, 1.807) is 18.5 Å². The molecule has 3 heterocycles. The highest BCUT2D eigenvalue weighted by molar-refractivity contribution is 9.10. The number of pyridine rings is 1. The van der Waals surface area contributed by atoms with Crippen LogP contribution in [-0.4, -0.2) is 21.0 Å². The van der Waals surface area contributed by atoms with Gasteiger partial charge in [-0.2, -0.15) is 0 Å². The molecule has 0 saturated carbocycles. The summed E-state index contributed by atoms with van der Waals surface area (Å²) in [7, 11) is 0. The molecule has 8 heteroatoms. The lowest BCUT2D eigenvalue weighted by molar-refractivity contribution is -0.746. The summed E-state index contributed by atoms with van der Waals surface area (Å²) < 4.78 is 2.83. The molecule has 0 spiro atoms. The fourth-order valence-corrected chi connectivity index (χ4v) is 4.26. The van der Waals surface area contributed by atoms with Gasteiger partial charge in [-0.05, 0) is 53.9 Å². The van der Waals surface area contributed by atoms with Crippen LogP contribution in [0.1, 0.15) is 18.5 Å². The molecule has 0 radical (unpaired) electrons. The summed E-state index contributed by atoms with van der Waals surface area (Å²) in [5.41, 5.74) is 3.88. The lowest BCUT2D eigenvalue weighted by atomic mass is 9.95. The van der Waals surface area contributed by atoms with E-state index < -0.39 is 6.04 Å². The van der Waals surface area contributed by atoms with Crippen LogP contribution in [-0.2, 0) is 4.79 Å². The zero-order valence-electron chi connectivity index (χ0n) is 17.2. The average Bonchev–Trinajstić information content (AvgIpc) is 3.23. The minimum absolute atomic E-state index is 0.206. The normalized spacial score (nSPS) is 15.1. The molecule has 1 unspecified atom stereocenters. The van der Waals surface area contributed by atoms with Gasteiger partial charge in [-0.1, -0.05) is 46.3 Å². The highest BCUT2D eigenvalue weighted by Gasteiger charge is 2.39. The van der Waals surface area contributed by atoms with E-state index in [2.05, 4.69) is 36.6 Å². The molecule has 0 fully saturated rings. The van der Waals surface area contributed by atoms with Gasteiger partial charge >= 0.3 is 5.95 Å². The second-order valence-electron chi connectivity index (χ2n) is 7.45. The first kappa shape index (κ1) is 20.1. The fourth-order valence-electron chi connectivity index (χ4n) is 3.84. The van der Waals surface area contributed by atoms with Crippen LogP contribution in [0.4, 0.5) is 11.6 Å². The third-order valence-electron chi connectivity index (χ3n) is 5.28. The van der Waals surface area contributed by atoms with Crippen LogP contribution in [0.3, 0.4) is 0 Å². The zero-order valence-corrected chi connectivity index (χ0v) is 18.8. The van der Waals surface area contributed by atoms with Crippen molar-refractivity contribution in [2.45, 2.75) is 13.0 Å². The van der Waals surface area contributed by atoms with Crippen LogP contribution < -0.4 is 15.3 Å². The van der Waals surface area contributed by atoms with Gasteiger partial charge in [0.1, 0.15) is 0 Å². The van der Waals surface area contributed by atoms with Crippen LogP contribution in [0.25, 0.3) is 11.4 Å². The Morgan fingerprint density at radius 3 is 2.69 bits per heavy atom. The van der Waals surface area contributed by atoms with Crippen molar-refractivity contribution >= 4 is 33.5 Å². The third kappa shape index (κ3) is 3.80. The number of rotatable bonds is 4. The van der Waals surface area contributed by atoms with Gasteiger partial charge in [0.25, 0.3) is 5.91 Å². The van der Waals surface area contributed by atoms with Crippen molar-refractivity contribution in [1.29, 1.82) is 0 Å². The number of amides is 1. The number of fused-ring (bicyclic) bond motifs is 1. The third-order valence-corrected chi connectivity index (χ3v) is 5.78. The molecule has 1 aliphatic heterocycles. The number of nitrogens with one attached hydrogen (secondary N) is 3. The molecule has 1 aliphatic rings. The van der Waals surface area contributed by atoms with Crippen molar-refractivity contribution in [3.05, 3.63) is 100 Å². The van der Waals surface area contributed by atoms with Gasteiger partial charge in [0.05, 0.1) is 23.2 Å². The molecule has 3 N–H and O–H groups in total. The summed E-state index contributed by atoms with van der Waals surface area (Å²) in [4.78, 5) is 22.3. The van der Waals surface area contributed by atoms with Gasteiger partial charge in [-0.15, -0.1) is 4.68 Å². The molecule has 158 valence electrons. The zero-order chi connectivity index (χ0) is 22.1. The number of carbonyl (C=O) groups is 1. The first-order valence-electron chi connectivity index (χ1n) is 10.1. The van der Waals surface area contributed by atoms with E-state index in [1.807, 2.05) is 72.3 Å². The minimum atomic E-state index is -0.398. The number of hydrogen-bond donors (Lipinski definition) is 3. The van der Waals surface area contributed by atoms with E-state index in [0.29, 0.717) is 17.2 Å². The van der Waals surface area contributed by atoms with Gasteiger partial charge in [0.15, 0.2) is 6.04 Å². The van der Waals surface area contributed by atoms with E-state index in [-0.39, 0.29) is 5.91 Å². The molecular weight excluding hydrogens is 468 g/mol. The Balaban J connectivity index is 1.62. The van der Waals surface area contributed by atoms with Crippen LogP contribution in [0.5, 0.6) is 0 Å². The number of aromatic amines is 1. The summed E-state index contributed by atoms with van der Waals surface area (Å²) in [5, 5.41) is 9.65. The lowest BCUT2D eigenvalue weighted by Gasteiger charge is -2.24. The molecule has 32 heavy (non-hydrogen) atoms. The SMILES string of the molecule is CC1=C(C(=O)Nc2cccnc2)C(c2cccc(Br)c2)[n+]2[nH]c(-c3ccccc3)nc2N1. The van der Waals surface area contributed by atoms with Gasteiger partial charge in [-0.3, -0.25) is 9.78 Å². The monoisotopic (exact) mass is 487 g/mol. The molecule has 0 bridgehead atoms. The summed E-state index contributed by atoms with van der Waals surface area (Å²) in [6.45, 7) is 1.89. The topological polar surface area (TPSA) is 86.6 Å². The van der Waals surface area contributed by atoms with Crippen LogP contribution in [0.2, 0.25) is 0 Å². The quantitative estimate of drug-likeness (QED) is 0.371. The second-order valence-corrected chi connectivity index (χ2v) is 8.36. The summed E-state index contributed by atoms with van der Waals surface area (Å²) in [6, 6.07) is 21.0. The predicted octanol–water partition coefficient (Wildman–Crippen LogP) is 4.45. The second kappa shape index (κ2) is 8.39. The van der Waals surface area contributed by atoms with Crippen molar-refractivity contribution in [2.75, 3.05) is 10.6 Å². The fraction of sp³-hybridized carbons (Fsp3) is 0.0833. The lowest BCUT2D eigenvalue weighted by Crippen LogP contribution is -2.50. The van der Waals surface area contributed by atoms with Crippen molar-refractivity contribution < 1.29 is 9.48 Å². The number of aromatic nitrogens is 4. The molecule has 2 aromatic carbocycles. The van der Waals surface area contributed by atoms with Gasteiger partial charge in [0, 0.05) is 16.2 Å². The maximum Gasteiger partial charge on any atom is 0.417 e. The van der Waals surface area contributed by atoms with Crippen molar-refractivity contribution in [3.63, 3.8) is 0 Å². The standard InChI is InChI=1S/C24H19BrN6O/c1-15-20(23(32)28-19-11-6-12-26-14-19)21(17-9-5-10-18(25)13-17)31-24(27-15)29-22(30-31)16-7-3-2-4-8-16/h2-14,21H,1H3,(H2,27,28,29,30,32)/p+1. The smallest absolute Gasteiger partial charge is 0.321 e. The van der Waals surface area contributed by atoms with E-state index >= 15 is 0 Å². The number of anilines is 2. The first-order valence-corrected chi connectivity index (χ1v) is 10.9. The molecular formula is C24H20BrN6O+. The largest absolute Gasteiger partial charge is 0.417 e. The van der Waals surface area contributed by atoms with E-state index in [4.69, 9.17) is 4.98 Å². The summed E-state index contributed by atoms with van der Waals surface area (Å²) >= 11 is 3.56. The van der Waals surface area contributed by atoms with Gasteiger partial charge in [0.2, 0.25) is 5.82 Å². The van der Waals surface area contributed by atoms with E-state index in [0.717, 1.165) is 27.1 Å². The predicted molar refractivity (Wildman–Crippen MR) is 126 cm³/mol. The van der Waals surface area contributed by atoms with Gasteiger partial charge in [-0.25, -0.2) is 10.4 Å². The average molecular weight is 488 g/mol. The molecule has 1 amide bonds. The van der Waals surface area contributed by atoms with Gasteiger partial charge < -0.3 is 5.32 Å². The summed E-state index contributed by atoms with van der Waals surface area (Å²) in [5.74, 6) is 1.15. The molecule has 0 aliphatic carbocycles. The number of carbonyl (C=O) groups excluding carboxylic acids is 1. The number of benzene rings is 2. The Labute approximate surface area is 193 Å². The number of H-pyrrole nitrogens is 1. The number of halogens is 1. The number of allylic oxidation sites excluding steroid dienone is 1. The first-order chi connectivity index (χ1) is 15.6. The van der Waals surface area contributed by atoms with E-state index in [9.17, 15) is 4.79 Å². The minimum Gasteiger partial charge on any atom is -0.321 e. The Bertz CT molecular complexity index is 1320. The Morgan fingerprint density at radius 2 is 1.94 bits per heavy atom. The highest BCUT2D eigenvalue weighted by Crippen LogP contribution is 2.32. The van der Waals surface area contributed by atoms with Crippen LogP contribution >= 0.6 is 15.9 Å². The van der Waals surface area contributed by atoms with Crippen molar-refractivity contribution in [3.8, 4) is 11.4 Å². The van der Waals surface area contributed by atoms with Crippen LogP contribution in [0.15, 0.2) is 94.9 Å². The highest BCUT2D eigenvalue weighted by atomic mass is 79.9. The molecule has 7 nitrogen and oxygen atoms in total. The molecule has 4 aromatic rings. The molecule has 2 aromatic heterocycles. The Morgan fingerprint density at radius 1 is 1.09 bits per heavy atom. The molecule has 1 atom stereocenters. The van der Waals surface area contributed by atoms with Crippen molar-refractivity contribution in [2.24, 2.45) is 0 Å².